The van der Waals surface area contributed by atoms with Crippen LogP contribution in [-0.4, -0.2) is 36.9 Å². The zero-order valence-electron chi connectivity index (χ0n) is 11.5. The first kappa shape index (κ1) is 14.0. The zero-order valence-corrected chi connectivity index (χ0v) is 11.5. The highest BCUT2D eigenvalue weighted by molar-refractivity contribution is 5.95. The number of nitrogens with two attached hydrogens (primary N) is 1. The summed E-state index contributed by atoms with van der Waals surface area (Å²) in [6.45, 7) is 3.97. The van der Waals surface area contributed by atoms with Gasteiger partial charge in [0.1, 0.15) is 6.10 Å². The molecule has 0 radical (unpaired) electrons. The Morgan fingerprint density at radius 1 is 1.40 bits per heavy atom. The Kier molecular flexibility index (Phi) is 4.02. The smallest absolute Gasteiger partial charge is 0.414 e. The Morgan fingerprint density at radius 3 is 2.60 bits per heavy atom. The number of carbonyl (C=O) groups is 2. The van der Waals surface area contributed by atoms with Crippen LogP contribution in [0.1, 0.15) is 24.2 Å². The van der Waals surface area contributed by atoms with Gasteiger partial charge in [-0.2, -0.15) is 0 Å². The molecular formula is C14H17N3O3. The number of benzene rings is 1. The van der Waals surface area contributed by atoms with Crippen molar-refractivity contribution in [3.63, 3.8) is 0 Å². The predicted molar refractivity (Wildman–Crippen MR) is 76.2 cm³/mol. The molecule has 0 aromatic heterocycles. The standard InChI is InChI=1S/C14H17N3O3/c1-9(18)11-3-5-12(6-4-11)17-8-13(20-14(17)19)7-16-10(2)15/h3-6,13H,7-8H2,1-2H3,(H2,15,16)/t13-/m0/s1. The third-order valence-electron chi connectivity index (χ3n) is 3.00. The number of anilines is 1. The van der Waals surface area contributed by atoms with Gasteiger partial charge in [-0.1, -0.05) is 0 Å². The van der Waals surface area contributed by atoms with Crippen LogP contribution in [0.3, 0.4) is 0 Å². The highest BCUT2D eigenvalue weighted by atomic mass is 16.6. The zero-order chi connectivity index (χ0) is 14.7. The molecule has 1 heterocycles. The molecule has 1 aromatic carbocycles. The highest BCUT2D eigenvalue weighted by Gasteiger charge is 2.32. The second-order valence-electron chi connectivity index (χ2n) is 4.70. The fraction of sp³-hybridized carbons (Fsp3) is 0.357. The number of nitrogens with zero attached hydrogens (tertiary/aromatic N) is 2. The molecule has 1 aliphatic heterocycles. The second kappa shape index (κ2) is 5.73. The molecule has 1 amide bonds. The van der Waals surface area contributed by atoms with Crippen LogP contribution in [0.5, 0.6) is 0 Å². The maximum atomic E-state index is 11.8. The summed E-state index contributed by atoms with van der Waals surface area (Å²) in [4.78, 5) is 28.6. The van der Waals surface area contributed by atoms with Gasteiger partial charge in [0, 0.05) is 11.3 Å². The lowest BCUT2D eigenvalue weighted by atomic mass is 10.1. The summed E-state index contributed by atoms with van der Waals surface area (Å²) in [7, 11) is 0. The molecule has 1 aliphatic rings. The number of amidine groups is 1. The van der Waals surface area contributed by atoms with E-state index in [9.17, 15) is 9.59 Å². The molecule has 0 unspecified atom stereocenters. The average Bonchev–Trinajstić information content (AvgIpc) is 2.78. The van der Waals surface area contributed by atoms with Crippen LogP contribution in [0.2, 0.25) is 0 Å². The summed E-state index contributed by atoms with van der Waals surface area (Å²) in [6.07, 6.45) is -0.705. The molecule has 20 heavy (non-hydrogen) atoms. The minimum absolute atomic E-state index is 0.00816. The van der Waals surface area contributed by atoms with Gasteiger partial charge in [0.05, 0.1) is 18.9 Å². The third-order valence-corrected chi connectivity index (χ3v) is 3.00. The van der Waals surface area contributed by atoms with Crippen molar-refractivity contribution in [1.82, 2.24) is 0 Å². The van der Waals surface area contributed by atoms with Crippen LogP contribution in [0, 0.1) is 0 Å². The number of ether oxygens (including phenoxy) is 1. The van der Waals surface area contributed by atoms with Crippen molar-refractivity contribution in [1.29, 1.82) is 0 Å². The van der Waals surface area contributed by atoms with E-state index in [0.29, 0.717) is 30.2 Å². The van der Waals surface area contributed by atoms with E-state index in [1.165, 1.54) is 11.8 Å². The van der Waals surface area contributed by atoms with Crippen LogP contribution >= 0.6 is 0 Å². The Hall–Kier alpha value is -2.37. The number of ketones is 1. The molecule has 1 fully saturated rings. The highest BCUT2D eigenvalue weighted by Crippen LogP contribution is 2.22. The first-order valence-electron chi connectivity index (χ1n) is 6.33. The van der Waals surface area contributed by atoms with Crippen molar-refractivity contribution in [2.45, 2.75) is 20.0 Å². The lowest BCUT2D eigenvalue weighted by molar-refractivity contribution is 0.101. The largest absolute Gasteiger partial charge is 0.442 e. The molecule has 2 rings (SSSR count). The molecule has 0 spiro atoms. The Balaban J connectivity index is 2.07. The molecule has 6 heteroatoms. The molecule has 2 N–H and O–H groups in total. The van der Waals surface area contributed by atoms with Gasteiger partial charge in [0.15, 0.2) is 5.78 Å². The van der Waals surface area contributed by atoms with E-state index in [-0.39, 0.29) is 11.9 Å². The van der Waals surface area contributed by atoms with Gasteiger partial charge in [-0.15, -0.1) is 0 Å². The van der Waals surface area contributed by atoms with Crippen LogP contribution in [-0.2, 0) is 4.74 Å². The number of cyclic esters (lactones) is 1. The van der Waals surface area contributed by atoms with Crippen molar-refractivity contribution in [3.05, 3.63) is 29.8 Å². The lowest BCUT2D eigenvalue weighted by Crippen LogP contribution is -2.25. The van der Waals surface area contributed by atoms with Gasteiger partial charge >= 0.3 is 6.09 Å². The summed E-state index contributed by atoms with van der Waals surface area (Å²) in [5.41, 5.74) is 6.78. The number of carbonyl (C=O) groups excluding carboxylic acids is 2. The van der Waals surface area contributed by atoms with E-state index in [0.717, 1.165) is 0 Å². The van der Waals surface area contributed by atoms with E-state index in [2.05, 4.69) is 4.99 Å². The molecule has 1 atom stereocenters. The number of Topliss-reactive ketones (excluding diaryl/α,β-unsaturated/α-hetero) is 1. The fourth-order valence-electron chi connectivity index (χ4n) is 1.95. The molecule has 1 saturated heterocycles. The quantitative estimate of drug-likeness (QED) is 0.513. The van der Waals surface area contributed by atoms with E-state index in [4.69, 9.17) is 10.5 Å². The minimum atomic E-state index is -0.407. The van der Waals surface area contributed by atoms with Crippen molar-refractivity contribution in [2.24, 2.45) is 10.7 Å². The number of hydrogen-bond acceptors (Lipinski definition) is 4. The van der Waals surface area contributed by atoms with E-state index >= 15 is 0 Å². The maximum Gasteiger partial charge on any atom is 0.414 e. The number of hydrogen-bond donors (Lipinski definition) is 1. The topological polar surface area (TPSA) is 85.0 Å². The number of aliphatic imine (C=N–C) groups is 1. The Morgan fingerprint density at radius 2 is 2.05 bits per heavy atom. The van der Waals surface area contributed by atoms with Gasteiger partial charge < -0.3 is 10.5 Å². The molecular weight excluding hydrogens is 258 g/mol. The summed E-state index contributed by atoms with van der Waals surface area (Å²) in [5, 5.41) is 0. The van der Waals surface area contributed by atoms with Crippen LogP contribution in [0.25, 0.3) is 0 Å². The lowest BCUT2D eigenvalue weighted by Gasteiger charge is -2.12. The molecule has 106 valence electrons. The Bertz CT molecular complexity index is 547. The van der Waals surface area contributed by atoms with Crippen LogP contribution in [0.15, 0.2) is 29.3 Å². The fourth-order valence-corrected chi connectivity index (χ4v) is 1.95. The van der Waals surface area contributed by atoms with Gasteiger partial charge in [0.2, 0.25) is 0 Å². The maximum absolute atomic E-state index is 11.8. The van der Waals surface area contributed by atoms with Crippen LogP contribution < -0.4 is 10.6 Å². The number of amides is 1. The van der Waals surface area contributed by atoms with Crippen molar-refractivity contribution >= 4 is 23.4 Å². The van der Waals surface area contributed by atoms with Crippen molar-refractivity contribution < 1.29 is 14.3 Å². The average molecular weight is 275 g/mol. The minimum Gasteiger partial charge on any atom is -0.442 e. The van der Waals surface area contributed by atoms with E-state index < -0.39 is 6.09 Å². The van der Waals surface area contributed by atoms with Gasteiger partial charge in [-0.05, 0) is 38.1 Å². The molecule has 0 aliphatic carbocycles. The molecule has 1 aromatic rings. The van der Waals surface area contributed by atoms with Crippen molar-refractivity contribution in [2.75, 3.05) is 18.0 Å². The molecule has 0 saturated carbocycles. The summed E-state index contributed by atoms with van der Waals surface area (Å²) < 4.78 is 5.21. The predicted octanol–water partition coefficient (Wildman–Crippen LogP) is 1.59. The monoisotopic (exact) mass is 275 g/mol. The van der Waals surface area contributed by atoms with E-state index in [1.54, 1.807) is 31.2 Å². The third kappa shape index (κ3) is 3.14. The van der Waals surface area contributed by atoms with E-state index in [1.807, 2.05) is 0 Å². The second-order valence-corrected chi connectivity index (χ2v) is 4.70. The van der Waals surface area contributed by atoms with Gasteiger partial charge in [0.25, 0.3) is 0 Å². The SMILES string of the molecule is CC(=O)c1ccc(N2C[C@H](CN=C(C)N)OC2=O)cc1. The summed E-state index contributed by atoms with van der Waals surface area (Å²) in [6, 6.07) is 6.86. The number of rotatable bonds is 4. The van der Waals surface area contributed by atoms with Gasteiger partial charge in [-0.3, -0.25) is 14.7 Å². The van der Waals surface area contributed by atoms with Gasteiger partial charge in [-0.25, -0.2) is 4.79 Å². The Labute approximate surface area is 117 Å². The summed E-state index contributed by atoms with van der Waals surface area (Å²) >= 11 is 0. The first-order valence-corrected chi connectivity index (χ1v) is 6.33. The summed E-state index contributed by atoms with van der Waals surface area (Å²) in [5.74, 6) is 0.455. The van der Waals surface area contributed by atoms with Crippen molar-refractivity contribution in [3.8, 4) is 0 Å². The normalized spacial score (nSPS) is 19.1. The van der Waals surface area contributed by atoms with Crippen LogP contribution in [0.4, 0.5) is 10.5 Å². The molecule has 0 bridgehead atoms. The molecule has 6 nitrogen and oxygen atoms in total. The first-order chi connectivity index (χ1) is 9.47.